The molecule has 0 spiro atoms. The average Bonchev–Trinajstić information content (AvgIpc) is 2.52. The summed E-state index contributed by atoms with van der Waals surface area (Å²) in [6, 6.07) is 15.3. The molecule has 0 saturated heterocycles. The molecule has 0 aromatic heterocycles. The first-order valence-corrected chi connectivity index (χ1v) is 7.35. The zero-order chi connectivity index (χ0) is 15.1. The molecule has 0 atom stereocenters. The van der Waals surface area contributed by atoms with Gasteiger partial charge in [0.05, 0.1) is 6.61 Å². The molecule has 2 aromatic rings. The van der Waals surface area contributed by atoms with E-state index >= 15 is 0 Å². The Balaban J connectivity index is 1.98. The number of thiocarbonyl (C=S) groups is 1. The zero-order valence-corrected chi connectivity index (χ0v) is 12.9. The predicted octanol–water partition coefficient (Wildman–Crippen LogP) is 3.69. The Morgan fingerprint density at radius 1 is 1.00 bits per heavy atom. The molecule has 0 unspecified atom stereocenters. The minimum atomic E-state index is 0.387. The molecule has 4 heteroatoms. The quantitative estimate of drug-likeness (QED) is 0.792. The van der Waals surface area contributed by atoms with Crippen LogP contribution in [0.5, 0.6) is 11.5 Å². The van der Waals surface area contributed by atoms with Crippen LogP contribution in [0, 0.1) is 0 Å². The Morgan fingerprint density at radius 3 is 2.24 bits per heavy atom. The molecule has 2 rings (SSSR count). The fraction of sp³-hybridized carbons (Fsp3) is 0.235. The molecule has 0 saturated carbocycles. The molecule has 0 heterocycles. The summed E-state index contributed by atoms with van der Waals surface area (Å²) in [5, 5.41) is 0. The number of hydrogen-bond acceptors (Lipinski definition) is 3. The second-order valence-corrected chi connectivity index (χ2v) is 5.07. The van der Waals surface area contributed by atoms with Gasteiger partial charge in [-0.05, 0) is 36.2 Å². The number of rotatable bonds is 7. The Hall–Kier alpha value is -2.07. The van der Waals surface area contributed by atoms with E-state index in [1.54, 1.807) is 0 Å². The molecule has 2 N–H and O–H groups in total. The van der Waals surface area contributed by atoms with E-state index in [0.29, 0.717) is 11.6 Å². The van der Waals surface area contributed by atoms with Crippen molar-refractivity contribution in [3.8, 4) is 11.5 Å². The molecule has 21 heavy (non-hydrogen) atoms. The van der Waals surface area contributed by atoms with Crippen molar-refractivity contribution in [2.24, 2.45) is 5.73 Å². The number of benzene rings is 2. The molecule has 0 aliphatic carbocycles. The first-order valence-electron chi connectivity index (χ1n) is 6.94. The monoisotopic (exact) mass is 301 g/mol. The fourth-order valence-electron chi connectivity index (χ4n) is 1.90. The van der Waals surface area contributed by atoms with Crippen molar-refractivity contribution in [2.45, 2.75) is 20.0 Å². The molecular weight excluding hydrogens is 282 g/mol. The van der Waals surface area contributed by atoms with Crippen LogP contribution in [0.15, 0.2) is 48.5 Å². The Kier molecular flexibility index (Phi) is 5.58. The van der Waals surface area contributed by atoms with Gasteiger partial charge >= 0.3 is 0 Å². The van der Waals surface area contributed by atoms with E-state index < -0.39 is 0 Å². The van der Waals surface area contributed by atoms with Crippen LogP contribution in [0.1, 0.15) is 24.5 Å². The molecule has 0 aliphatic rings. The second kappa shape index (κ2) is 7.64. The zero-order valence-electron chi connectivity index (χ0n) is 12.0. The number of ether oxygens (including phenoxy) is 2. The topological polar surface area (TPSA) is 44.5 Å². The van der Waals surface area contributed by atoms with Gasteiger partial charge in [-0.1, -0.05) is 43.4 Å². The van der Waals surface area contributed by atoms with Gasteiger partial charge in [0.2, 0.25) is 0 Å². The molecule has 0 radical (unpaired) electrons. The smallest absolute Gasteiger partial charge is 0.120 e. The van der Waals surface area contributed by atoms with Gasteiger partial charge in [-0.25, -0.2) is 0 Å². The van der Waals surface area contributed by atoms with Gasteiger partial charge in [-0.2, -0.15) is 0 Å². The summed E-state index contributed by atoms with van der Waals surface area (Å²) in [4.78, 5) is 0.387. The van der Waals surface area contributed by atoms with E-state index in [-0.39, 0.29) is 0 Å². The molecule has 2 aromatic carbocycles. The summed E-state index contributed by atoms with van der Waals surface area (Å²) in [6.07, 6.45) is 0.994. The molecule has 0 amide bonds. The van der Waals surface area contributed by atoms with Crippen molar-refractivity contribution in [1.29, 1.82) is 0 Å². The highest BCUT2D eigenvalue weighted by Gasteiger charge is 2.05. The van der Waals surface area contributed by atoms with Crippen molar-refractivity contribution in [2.75, 3.05) is 6.61 Å². The highest BCUT2D eigenvalue weighted by atomic mass is 32.1. The van der Waals surface area contributed by atoms with Crippen molar-refractivity contribution >= 4 is 17.2 Å². The highest BCUT2D eigenvalue weighted by molar-refractivity contribution is 7.80. The van der Waals surface area contributed by atoms with Crippen LogP contribution in [0.25, 0.3) is 0 Å². The van der Waals surface area contributed by atoms with Crippen LogP contribution < -0.4 is 15.2 Å². The van der Waals surface area contributed by atoms with E-state index in [1.807, 2.05) is 48.5 Å². The van der Waals surface area contributed by atoms with Gasteiger partial charge < -0.3 is 15.2 Å². The van der Waals surface area contributed by atoms with Crippen LogP contribution in [0.2, 0.25) is 0 Å². The maximum atomic E-state index is 5.77. The third-order valence-electron chi connectivity index (χ3n) is 2.97. The van der Waals surface area contributed by atoms with Gasteiger partial charge in [-0.15, -0.1) is 0 Å². The summed E-state index contributed by atoms with van der Waals surface area (Å²) in [6.45, 7) is 3.24. The molecule has 3 nitrogen and oxygen atoms in total. The number of hydrogen-bond donors (Lipinski definition) is 1. The molecule has 0 bridgehead atoms. The molecule has 110 valence electrons. The lowest BCUT2D eigenvalue weighted by atomic mass is 10.1. The third-order valence-corrected chi connectivity index (χ3v) is 3.19. The first-order chi connectivity index (χ1) is 10.2. The van der Waals surface area contributed by atoms with Gasteiger partial charge in [0.25, 0.3) is 0 Å². The Labute approximate surface area is 130 Å². The van der Waals surface area contributed by atoms with E-state index in [0.717, 1.165) is 35.7 Å². The predicted molar refractivity (Wildman–Crippen MR) is 88.9 cm³/mol. The fourth-order valence-corrected chi connectivity index (χ4v) is 2.10. The van der Waals surface area contributed by atoms with Crippen molar-refractivity contribution < 1.29 is 9.47 Å². The van der Waals surface area contributed by atoms with Gasteiger partial charge in [0.1, 0.15) is 23.1 Å². The number of nitrogens with two attached hydrogens (primary N) is 1. The van der Waals surface area contributed by atoms with Crippen molar-refractivity contribution in [3.63, 3.8) is 0 Å². The highest BCUT2D eigenvalue weighted by Crippen LogP contribution is 2.19. The lowest BCUT2D eigenvalue weighted by molar-refractivity contribution is 0.301. The average molecular weight is 301 g/mol. The Morgan fingerprint density at radius 2 is 1.62 bits per heavy atom. The summed E-state index contributed by atoms with van der Waals surface area (Å²) in [5.74, 6) is 1.64. The summed E-state index contributed by atoms with van der Waals surface area (Å²) >= 11 is 5.04. The maximum Gasteiger partial charge on any atom is 0.120 e. The van der Waals surface area contributed by atoms with E-state index in [2.05, 4.69) is 6.92 Å². The minimum absolute atomic E-state index is 0.387. The first kappa shape index (κ1) is 15.3. The van der Waals surface area contributed by atoms with Crippen molar-refractivity contribution in [1.82, 2.24) is 0 Å². The molecule has 0 fully saturated rings. The lowest BCUT2D eigenvalue weighted by Gasteiger charge is -2.11. The molecule has 0 aliphatic heterocycles. The van der Waals surface area contributed by atoms with E-state index in [4.69, 9.17) is 27.4 Å². The third kappa shape index (κ3) is 4.46. The second-order valence-electron chi connectivity index (χ2n) is 4.63. The lowest BCUT2D eigenvalue weighted by Crippen LogP contribution is -2.13. The maximum absolute atomic E-state index is 5.77. The van der Waals surface area contributed by atoms with Crippen LogP contribution in [0.4, 0.5) is 0 Å². The van der Waals surface area contributed by atoms with Crippen LogP contribution in [-0.4, -0.2) is 11.6 Å². The van der Waals surface area contributed by atoms with E-state index in [1.165, 1.54) is 0 Å². The SMILES string of the molecule is CCCOc1ccc(OCc2ccccc2C(N)=S)cc1. The van der Waals surface area contributed by atoms with Gasteiger partial charge in [0, 0.05) is 5.56 Å². The minimum Gasteiger partial charge on any atom is -0.494 e. The largest absolute Gasteiger partial charge is 0.494 e. The van der Waals surface area contributed by atoms with Crippen molar-refractivity contribution in [3.05, 3.63) is 59.7 Å². The normalized spacial score (nSPS) is 10.1. The summed E-state index contributed by atoms with van der Waals surface area (Å²) in [7, 11) is 0. The molecular formula is C17H19NO2S. The van der Waals surface area contributed by atoms with Crippen LogP contribution in [0.3, 0.4) is 0 Å². The standard InChI is InChI=1S/C17H19NO2S/c1-2-11-19-14-7-9-15(10-8-14)20-12-13-5-3-4-6-16(13)17(18)21/h3-10H,2,11-12H2,1H3,(H2,18,21). The van der Waals surface area contributed by atoms with Crippen LogP contribution >= 0.6 is 12.2 Å². The summed E-state index contributed by atoms with van der Waals surface area (Å²) < 4.78 is 11.3. The Bertz CT molecular complexity index is 596. The summed E-state index contributed by atoms with van der Waals surface area (Å²) in [5.41, 5.74) is 7.55. The van der Waals surface area contributed by atoms with Gasteiger partial charge in [-0.3, -0.25) is 0 Å². The van der Waals surface area contributed by atoms with E-state index in [9.17, 15) is 0 Å². The van der Waals surface area contributed by atoms with Crippen LogP contribution in [-0.2, 0) is 6.61 Å². The van der Waals surface area contributed by atoms with Gasteiger partial charge in [0.15, 0.2) is 0 Å².